The van der Waals surface area contributed by atoms with Crippen LogP contribution in [0.25, 0.3) is 12.7 Å². The summed E-state index contributed by atoms with van der Waals surface area (Å²) in [6.07, 6.45) is 3.22. The molecule has 1 heterocycles. The maximum Gasteiger partial charge on any atom is 0.181 e. The lowest BCUT2D eigenvalue weighted by Gasteiger charge is -1.65. The number of aromatic nitrogens is 1. The molecule has 0 unspecified atom stereocenters. The van der Waals surface area contributed by atoms with Crippen LogP contribution in [-0.2, 0) is 0 Å². The van der Waals surface area contributed by atoms with Crippen LogP contribution in [0.5, 0.6) is 0 Å². The monoisotopic (exact) mass is 109 g/mol. The fourth-order valence-corrected chi connectivity index (χ4v) is 0.513. The zero-order valence-corrected chi connectivity index (χ0v) is 4.72. The first kappa shape index (κ1) is 5.09. The highest BCUT2D eigenvalue weighted by Crippen LogP contribution is 1.59. The summed E-state index contributed by atoms with van der Waals surface area (Å²) in [4.78, 5) is 3.78. The number of nitrogens with zero attached hydrogens (tertiary/aromatic N) is 1. The Bertz CT molecular complexity index is 260. The molecule has 0 aromatic carbocycles. The van der Waals surface area contributed by atoms with Gasteiger partial charge in [-0.15, -0.1) is 0 Å². The van der Waals surface area contributed by atoms with Gasteiger partial charge in [-0.1, -0.05) is 6.58 Å². The molecule has 0 aliphatic carbocycles. The Morgan fingerprint density at radius 2 is 2.62 bits per heavy atom. The molecule has 0 atom stereocenters. The normalized spacial score (nSPS) is 12.4. The van der Waals surface area contributed by atoms with E-state index < -0.39 is 0 Å². The second-order valence-corrected chi connectivity index (χ2v) is 1.45. The lowest BCUT2D eigenvalue weighted by Crippen LogP contribution is -2.18. The quantitative estimate of drug-likeness (QED) is 0.464. The molecule has 0 radical (unpaired) electrons. The molecule has 0 saturated carbocycles. The lowest BCUT2D eigenvalue weighted by atomic mass is 10.5. The van der Waals surface area contributed by atoms with Crippen molar-refractivity contribution < 1.29 is 4.42 Å². The molecule has 1 rings (SSSR count). The van der Waals surface area contributed by atoms with E-state index in [4.69, 9.17) is 4.42 Å². The van der Waals surface area contributed by atoms with Gasteiger partial charge in [-0.2, -0.15) is 0 Å². The summed E-state index contributed by atoms with van der Waals surface area (Å²) in [6, 6.07) is 0. The van der Waals surface area contributed by atoms with E-state index in [0.717, 1.165) is 5.42 Å². The lowest BCUT2D eigenvalue weighted by molar-refractivity contribution is 0.524. The molecule has 0 saturated heterocycles. The number of rotatable bonds is 0. The van der Waals surface area contributed by atoms with Gasteiger partial charge >= 0.3 is 0 Å². The number of hydrogen-bond acceptors (Lipinski definition) is 2. The minimum absolute atomic E-state index is 0.701. The van der Waals surface area contributed by atoms with Crippen LogP contribution in [0, 0.1) is 0 Å². The van der Waals surface area contributed by atoms with Crippen LogP contribution in [0.3, 0.4) is 0 Å². The zero-order valence-electron chi connectivity index (χ0n) is 4.72. The summed E-state index contributed by atoms with van der Waals surface area (Å²) in [5, 5.41) is 0.701. The largest absolute Gasteiger partial charge is 0.444 e. The van der Waals surface area contributed by atoms with Crippen LogP contribution in [0.1, 0.15) is 6.92 Å². The molecule has 0 bridgehead atoms. The Balaban J connectivity index is 3.55. The summed E-state index contributed by atoms with van der Waals surface area (Å²) in [5.74, 6) is 0. The van der Waals surface area contributed by atoms with E-state index in [9.17, 15) is 0 Å². The third-order valence-corrected chi connectivity index (χ3v) is 0.935. The average molecular weight is 109 g/mol. The van der Waals surface area contributed by atoms with E-state index in [0.29, 0.717) is 5.35 Å². The van der Waals surface area contributed by atoms with E-state index in [2.05, 4.69) is 11.6 Å². The topological polar surface area (TPSA) is 26.0 Å². The smallest absolute Gasteiger partial charge is 0.181 e. The van der Waals surface area contributed by atoms with Gasteiger partial charge in [-0.3, -0.25) is 0 Å². The first-order chi connectivity index (χ1) is 3.84. The van der Waals surface area contributed by atoms with Gasteiger partial charge in [-0.05, 0) is 13.0 Å². The molecule has 1 aromatic rings. The van der Waals surface area contributed by atoms with Crippen molar-refractivity contribution in [2.45, 2.75) is 6.92 Å². The van der Waals surface area contributed by atoms with Gasteiger partial charge in [0.05, 0.1) is 0 Å². The Morgan fingerprint density at radius 3 is 2.88 bits per heavy atom. The predicted molar refractivity (Wildman–Crippen MR) is 31.4 cm³/mol. The SMILES string of the molecule is C=c1nco/c1=C/C. The molecule has 0 N–H and O–H groups in total. The van der Waals surface area contributed by atoms with Crippen LogP contribution in [0.15, 0.2) is 10.8 Å². The van der Waals surface area contributed by atoms with Crippen molar-refractivity contribution in [1.82, 2.24) is 4.98 Å². The van der Waals surface area contributed by atoms with Gasteiger partial charge in [0, 0.05) is 0 Å². The van der Waals surface area contributed by atoms with E-state index in [1.807, 2.05) is 13.0 Å². The van der Waals surface area contributed by atoms with Crippen LogP contribution in [-0.4, -0.2) is 4.98 Å². The molecule has 0 fully saturated rings. The molecule has 0 aliphatic rings. The minimum Gasteiger partial charge on any atom is -0.444 e. The average Bonchev–Trinajstić information content (AvgIpc) is 2.14. The standard InChI is InChI=1S/C6H7NO/c1-3-6-5(2)7-4-8-6/h3-4H,2H2,1H3/b6-3+. The second kappa shape index (κ2) is 1.82. The highest BCUT2D eigenvalue weighted by Gasteiger charge is 1.79. The molecule has 2 heteroatoms. The first-order valence-corrected chi connectivity index (χ1v) is 2.39. The molecule has 0 aliphatic heterocycles. The maximum atomic E-state index is 4.88. The van der Waals surface area contributed by atoms with E-state index in [1.54, 1.807) is 0 Å². The van der Waals surface area contributed by atoms with Crippen molar-refractivity contribution in [2.24, 2.45) is 0 Å². The molecular formula is C6H7NO. The molecular weight excluding hydrogens is 102 g/mol. The Labute approximate surface area is 47.2 Å². The van der Waals surface area contributed by atoms with Crippen LogP contribution in [0.4, 0.5) is 0 Å². The Hall–Kier alpha value is -1.05. The van der Waals surface area contributed by atoms with Crippen LogP contribution in [0.2, 0.25) is 0 Å². The van der Waals surface area contributed by atoms with E-state index >= 15 is 0 Å². The highest BCUT2D eigenvalue weighted by atomic mass is 16.3. The summed E-state index contributed by atoms with van der Waals surface area (Å²) in [6.45, 7) is 5.50. The summed E-state index contributed by atoms with van der Waals surface area (Å²) < 4.78 is 4.88. The van der Waals surface area contributed by atoms with Gasteiger partial charge in [0.1, 0.15) is 10.8 Å². The van der Waals surface area contributed by atoms with Gasteiger partial charge in [-0.25, -0.2) is 4.98 Å². The van der Waals surface area contributed by atoms with E-state index in [1.165, 1.54) is 6.39 Å². The van der Waals surface area contributed by atoms with E-state index in [-0.39, 0.29) is 0 Å². The third kappa shape index (κ3) is 0.644. The van der Waals surface area contributed by atoms with Crippen molar-refractivity contribution >= 4 is 12.7 Å². The highest BCUT2D eigenvalue weighted by molar-refractivity contribution is 5.12. The Morgan fingerprint density at radius 1 is 1.88 bits per heavy atom. The predicted octanol–water partition coefficient (Wildman–Crippen LogP) is -0.115. The van der Waals surface area contributed by atoms with Crippen molar-refractivity contribution in [3.05, 3.63) is 17.2 Å². The van der Waals surface area contributed by atoms with Gasteiger partial charge in [0.25, 0.3) is 0 Å². The number of oxazole rings is 1. The zero-order chi connectivity index (χ0) is 5.98. The van der Waals surface area contributed by atoms with Crippen LogP contribution < -0.4 is 10.8 Å². The van der Waals surface area contributed by atoms with Crippen molar-refractivity contribution in [2.75, 3.05) is 0 Å². The fraction of sp³-hybridized carbons (Fsp3) is 0.167. The second-order valence-electron chi connectivity index (χ2n) is 1.45. The molecule has 1 aromatic heterocycles. The fourth-order valence-electron chi connectivity index (χ4n) is 0.513. The first-order valence-electron chi connectivity index (χ1n) is 2.39. The minimum atomic E-state index is 0.701. The summed E-state index contributed by atoms with van der Waals surface area (Å²) >= 11 is 0. The van der Waals surface area contributed by atoms with Crippen molar-refractivity contribution in [3.8, 4) is 0 Å². The summed E-state index contributed by atoms with van der Waals surface area (Å²) in [7, 11) is 0. The number of hydrogen-bond donors (Lipinski definition) is 0. The van der Waals surface area contributed by atoms with Crippen molar-refractivity contribution in [1.29, 1.82) is 0 Å². The summed E-state index contributed by atoms with van der Waals surface area (Å²) in [5.41, 5.74) is 0.755. The molecule has 0 amide bonds. The van der Waals surface area contributed by atoms with Crippen molar-refractivity contribution in [3.63, 3.8) is 0 Å². The molecule has 0 spiro atoms. The molecule has 8 heavy (non-hydrogen) atoms. The van der Waals surface area contributed by atoms with Gasteiger partial charge in [0.2, 0.25) is 0 Å². The molecule has 42 valence electrons. The molecule has 2 nitrogen and oxygen atoms in total. The Kier molecular flexibility index (Phi) is 1.16. The third-order valence-electron chi connectivity index (χ3n) is 0.935. The maximum absolute atomic E-state index is 4.88. The van der Waals surface area contributed by atoms with Gasteiger partial charge in [0.15, 0.2) is 6.39 Å². The van der Waals surface area contributed by atoms with Gasteiger partial charge < -0.3 is 4.42 Å². The van der Waals surface area contributed by atoms with Crippen LogP contribution >= 0.6 is 0 Å².